The van der Waals surface area contributed by atoms with Gasteiger partial charge in [-0.1, -0.05) is 12.1 Å². The molecule has 0 atom stereocenters. The minimum atomic E-state index is -0.351. The molecule has 6 heteroatoms. The van der Waals surface area contributed by atoms with Crippen molar-refractivity contribution in [2.24, 2.45) is 5.10 Å². The molecule has 1 amide bonds. The smallest absolute Gasteiger partial charge is 0.264 e. The van der Waals surface area contributed by atoms with Gasteiger partial charge in [0, 0.05) is 6.08 Å². The largest absolute Gasteiger partial charge is 0.504 e. The molecule has 2 N–H and O–H groups in total. The number of hydrogen-bond acceptors (Lipinski definition) is 5. The Kier molecular flexibility index (Phi) is 6.59. The van der Waals surface area contributed by atoms with Crippen molar-refractivity contribution in [3.05, 3.63) is 59.7 Å². The highest BCUT2D eigenvalue weighted by Gasteiger charge is 2.02. The molecule has 0 saturated heterocycles. The molecule has 0 aliphatic carbocycles. The second-order valence-electron chi connectivity index (χ2n) is 5.00. The Morgan fingerprint density at radius 2 is 1.92 bits per heavy atom. The number of methoxy groups -OCH3 is 1. The Balaban J connectivity index is 1.91. The number of nitrogens with zero attached hydrogens (tertiary/aromatic N) is 1. The number of phenols is 1. The number of benzene rings is 2. The summed E-state index contributed by atoms with van der Waals surface area (Å²) in [6.07, 6.45) is 4.54. The average Bonchev–Trinajstić information content (AvgIpc) is 2.63. The molecular formula is C19H20N2O4. The molecule has 25 heavy (non-hydrogen) atoms. The number of carbonyl (C=O) groups is 1. The monoisotopic (exact) mass is 340 g/mol. The van der Waals surface area contributed by atoms with Crippen molar-refractivity contribution in [1.82, 2.24) is 5.43 Å². The SMILES string of the molecule is CCOc1cc(/C=N/NC(=O)/C=C/c2ccc(OC)cc2)ccc1O. The van der Waals surface area contributed by atoms with Crippen molar-refractivity contribution < 1.29 is 19.4 Å². The minimum absolute atomic E-state index is 0.0606. The maximum absolute atomic E-state index is 11.8. The molecule has 0 aliphatic heterocycles. The van der Waals surface area contributed by atoms with Gasteiger partial charge in [-0.2, -0.15) is 5.10 Å². The molecule has 0 fully saturated rings. The predicted octanol–water partition coefficient (Wildman–Crippen LogP) is 2.96. The predicted molar refractivity (Wildman–Crippen MR) is 97.0 cm³/mol. The average molecular weight is 340 g/mol. The Hall–Kier alpha value is -3.28. The number of hydrogen-bond donors (Lipinski definition) is 2. The van der Waals surface area contributed by atoms with Gasteiger partial charge in [-0.15, -0.1) is 0 Å². The number of ether oxygens (including phenoxy) is 2. The maximum Gasteiger partial charge on any atom is 0.264 e. The van der Waals surface area contributed by atoms with Crippen LogP contribution >= 0.6 is 0 Å². The highest BCUT2D eigenvalue weighted by atomic mass is 16.5. The van der Waals surface area contributed by atoms with Gasteiger partial charge in [0.05, 0.1) is 19.9 Å². The van der Waals surface area contributed by atoms with E-state index in [-0.39, 0.29) is 11.7 Å². The molecule has 130 valence electrons. The first-order chi connectivity index (χ1) is 12.1. The summed E-state index contributed by atoms with van der Waals surface area (Å²) in [4.78, 5) is 11.8. The number of carbonyl (C=O) groups excluding carboxylic acids is 1. The Bertz CT molecular complexity index is 767. The topological polar surface area (TPSA) is 80.2 Å². The third kappa shape index (κ3) is 5.69. The molecule has 0 spiro atoms. The van der Waals surface area contributed by atoms with Crippen LogP contribution in [0.3, 0.4) is 0 Å². The molecule has 0 aliphatic rings. The summed E-state index contributed by atoms with van der Waals surface area (Å²) < 4.78 is 10.4. The maximum atomic E-state index is 11.8. The molecular weight excluding hydrogens is 320 g/mol. The first kappa shape index (κ1) is 18.1. The highest BCUT2D eigenvalue weighted by molar-refractivity contribution is 5.92. The zero-order chi connectivity index (χ0) is 18.1. The molecule has 0 bridgehead atoms. The normalized spacial score (nSPS) is 11.0. The van der Waals surface area contributed by atoms with Gasteiger partial charge in [0.15, 0.2) is 11.5 Å². The Labute approximate surface area is 146 Å². The molecule has 0 heterocycles. The van der Waals surface area contributed by atoms with Gasteiger partial charge < -0.3 is 14.6 Å². The van der Waals surface area contributed by atoms with Crippen molar-refractivity contribution in [2.75, 3.05) is 13.7 Å². The van der Waals surface area contributed by atoms with E-state index >= 15 is 0 Å². The number of nitrogens with one attached hydrogen (secondary N) is 1. The van der Waals surface area contributed by atoms with E-state index in [1.807, 2.05) is 31.2 Å². The lowest BCUT2D eigenvalue weighted by Gasteiger charge is -2.05. The van der Waals surface area contributed by atoms with Crippen LogP contribution in [0.1, 0.15) is 18.1 Å². The number of hydrazone groups is 1. The third-order valence-corrected chi connectivity index (χ3v) is 3.22. The standard InChI is InChI=1S/C19H20N2O4/c1-3-25-18-12-15(6-10-17(18)22)13-20-21-19(23)11-7-14-4-8-16(24-2)9-5-14/h4-13,22H,3H2,1-2H3,(H,21,23)/b11-7+,20-13+. The van der Waals surface area contributed by atoms with Crippen molar-refractivity contribution in [3.8, 4) is 17.2 Å². The summed E-state index contributed by atoms with van der Waals surface area (Å²) in [6.45, 7) is 2.27. The zero-order valence-electron chi connectivity index (χ0n) is 14.1. The highest BCUT2D eigenvalue weighted by Crippen LogP contribution is 2.26. The number of phenolic OH excluding ortho intramolecular Hbond substituents is 1. The molecule has 2 aromatic carbocycles. The molecule has 2 rings (SSSR count). The van der Waals surface area contributed by atoms with Crippen LogP contribution in [0.5, 0.6) is 17.2 Å². The van der Waals surface area contributed by atoms with E-state index in [0.29, 0.717) is 17.9 Å². The van der Waals surface area contributed by atoms with Crippen LogP contribution in [-0.2, 0) is 4.79 Å². The van der Waals surface area contributed by atoms with E-state index in [2.05, 4.69) is 10.5 Å². The summed E-state index contributed by atoms with van der Waals surface area (Å²) in [7, 11) is 1.60. The van der Waals surface area contributed by atoms with Crippen LogP contribution in [0.25, 0.3) is 6.08 Å². The summed E-state index contributed by atoms with van der Waals surface area (Å²) in [5, 5.41) is 13.5. The van der Waals surface area contributed by atoms with Gasteiger partial charge in [-0.05, 0) is 54.5 Å². The Morgan fingerprint density at radius 3 is 2.60 bits per heavy atom. The lowest BCUT2D eigenvalue weighted by molar-refractivity contribution is -0.116. The molecule has 2 aromatic rings. The van der Waals surface area contributed by atoms with Gasteiger partial charge in [0.2, 0.25) is 0 Å². The van der Waals surface area contributed by atoms with E-state index in [1.165, 1.54) is 18.4 Å². The van der Waals surface area contributed by atoms with E-state index in [0.717, 1.165) is 11.3 Å². The van der Waals surface area contributed by atoms with Gasteiger partial charge in [-0.25, -0.2) is 5.43 Å². The molecule has 0 saturated carbocycles. The molecule has 0 radical (unpaired) electrons. The van der Waals surface area contributed by atoms with Gasteiger partial charge >= 0.3 is 0 Å². The lowest BCUT2D eigenvalue weighted by atomic mass is 10.2. The van der Waals surface area contributed by atoms with E-state index < -0.39 is 0 Å². The second-order valence-corrected chi connectivity index (χ2v) is 5.00. The Morgan fingerprint density at radius 1 is 1.20 bits per heavy atom. The second kappa shape index (κ2) is 9.12. The summed E-state index contributed by atoms with van der Waals surface area (Å²) in [5.41, 5.74) is 3.98. The quantitative estimate of drug-likeness (QED) is 0.461. The third-order valence-electron chi connectivity index (χ3n) is 3.22. The minimum Gasteiger partial charge on any atom is -0.504 e. The summed E-state index contributed by atoms with van der Waals surface area (Å²) >= 11 is 0. The van der Waals surface area contributed by atoms with Crippen molar-refractivity contribution in [1.29, 1.82) is 0 Å². The van der Waals surface area contributed by atoms with Crippen LogP contribution in [-0.4, -0.2) is 30.9 Å². The van der Waals surface area contributed by atoms with E-state index in [9.17, 15) is 9.90 Å². The number of amides is 1. The van der Waals surface area contributed by atoms with E-state index in [1.54, 1.807) is 25.3 Å². The van der Waals surface area contributed by atoms with Crippen LogP contribution in [0.4, 0.5) is 0 Å². The number of aromatic hydroxyl groups is 1. The van der Waals surface area contributed by atoms with Crippen molar-refractivity contribution in [3.63, 3.8) is 0 Å². The van der Waals surface area contributed by atoms with Crippen molar-refractivity contribution in [2.45, 2.75) is 6.92 Å². The lowest BCUT2D eigenvalue weighted by Crippen LogP contribution is -2.14. The summed E-state index contributed by atoms with van der Waals surface area (Å²) in [5.74, 6) is 0.838. The first-order valence-electron chi connectivity index (χ1n) is 7.73. The van der Waals surface area contributed by atoms with Crippen LogP contribution < -0.4 is 14.9 Å². The van der Waals surface area contributed by atoms with Crippen LogP contribution in [0, 0.1) is 0 Å². The summed E-state index contributed by atoms with van der Waals surface area (Å²) in [6, 6.07) is 12.1. The van der Waals surface area contributed by atoms with Gasteiger partial charge in [-0.3, -0.25) is 4.79 Å². The fourth-order valence-corrected chi connectivity index (χ4v) is 1.98. The number of rotatable bonds is 7. The van der Waals surface area contributed by atoms with Crippen molar-refractivity contribution >= 4 is 18.2 Å². The van der Waals surface area contributed by atoms with E-state index in [4.69, 9.17) is 9.47 Å². The van der Waals surface area contributed by atoms with Gasteiger partial charge in [0.1, 0.15) is 5.75 Å². The zero-order valence-corrected chi connectivity index (χ0v) is 14.1. The molecule has 6 nitrogen and oxygen atoms in total. The van der Waals surface area contributed by atoms with Gasteiger partial charge in [0.25, 0.3) is 5.91 Å². The molecule has 0 unspecified atom stereocenters. The van der Waals surface area contributed by atoms with Crippen LogP contribution in [0.2, 0.25) is 0 Å². The van der Waals surface area contributed by atoms with Crippen LogP contribution in [0.15, 0.2) is 53.6 Å². The first-order valence-corrected chi connectivity index (χ1v) is 7.73. The molecule has 0 aromatic heterocycles. The fourth-order valence-electron chi connectivity index (χ4n) is 1.98. The fraction of sp³-hybridized carbons (Fsp3) is 0.158.